The molecule has 1 unspecified atom stereocenters. The van der Waals surface area contributed by atoms with Gasteiger partial charge >= 0.3 is 6.03 Å². The van der Waals surface area contributed by atoms with Crippen molar-refractivity contribution in [1.29, 1.82) is 0 Å². The summed E-state index contributed by atoms with van der Waals surface area (Å²) in [5, 5.41) is 5.48. The highest BCUT2D eigenvalue weighted by Gasteiger charge is 2.31. The maximum atomic E-state index is 13.2. The average Bonchev–Trinajstić information content (AvgIpc) is 2.73. The second kappa shape index (κ2) is 10.3. The minimum atomic E-state index is -0.394. The summed E-state index contributed by atoms with van der Waals surface area (Å²) in [7, 11) is 0. The van der Waals surface area contributed by atoms with Crippen molar-refractivity contribution in [2.24, 2.45) is 11.8 Å². The van der Waals surface area contributed by atoms with Gasteiger partial charge in [-0.2, -0.15) is 0 Å². The molecule has 156 valence electrons. The molecule has 0 radical (unpaired) electrons. The number of likely N-dealkylation sites (tertiary alicyclic amines) is 2. The van der Waals surface area contributed by atoms with Crippen LogP contribution in [0.5, 0.6) is 0 Å². The molecule has 1 aromatic rings. The molecule has 0 aromatic heterocycles. The average molecular weight is 400 g/mol. The summed E-state index contributed by atoms with van der Waals surface area (Å²) < 4.78 is 13.2. The molecular weight excluding hydrogens is 371 g/mol. The zero-order valence-corrected chi connectivity index (χ0v) is 16.7. The first kappa shape index (κ1) is 21.1. The molecule has 0 bridgehead atoms. The van der Waals surface area contributed by atoms with Crippen molar-refractivity contribution in [2.45, 2.75) is 25.7 Å². The van der Waals surface area contributed by atoms with Gasteiger partial charge in [-0.1, -0.05) is 12.0 Å². The van der Waals surface area contributed by atoms with Crippen LogP contribution < -0.4 is 10.6 Å². The lowest BCUT2D eigenvalue weighted by atomic mass is 9.92. The molecular formula is C22H29FN4O2. The number of amides is 3. The largest absolute Gasteiger partial charge is 0.342 e. The van der Waals surface area contributed by atoms with Gasteiger partial charge in [-0.05, 0) is 62.9 Å². The Morgan fingerprint density at radius 2 is 2.00 bits per heavy atom. The fourth-order valence-corrected chi connectivity index (χ4v) is 4.14. The number of halogens is 1. The third kappa shape index (κ3) is 6.20. The van der Waals surface area contributed by atoms with E-state index < -0.39 is 5.82 Å². The molecule has 2 N–H and O–H groups in total. The monoisotopic (exact) mass is 400 g/mol. The van der Waals surface area contributed by atoms with Crippen LogP contribution in [0.15, 0.2) is 24.3 Å². The van der Waals surface area contributed by atoms with E-state index in [-0.39, 0.29) is 23.8 Å². The Morgan fingerprint density at radius 1 is 1.21 bits per heavy atom. The lowest BCUT2D eigenvalue weighted by Gasteiger charge is -2.37. The topological polar surface area (TPSA) is 64.7 Å². The number of anilines is 1. The van der Waals surface area contributed by atoms with Crippen LogP contribution >= 0.6 is 0 Å². The molecule has 2 fully saturated rings. The molecule has 7 heteroatoms. The molecule has 3 rings (SSSR count). The van der Waals surface area contributed by atoms with Gasteiger partial charge in [0.05, 0.1) is 6.54 Å². The third-order valence-electron chi connectivity index (χ3n) is 5.72. The molecule has 1 atom stereocenters. The molecule has 3 amide bonds. The van der Waals surface area contributed by atoms with Crippen molar-refractivity contribution < 1.29 is 14.0 Å². The van der Waals surface area contributed by atoms with E-state index in [4.69, 9.17) is 6.42 Å². The predicted molar refractivity (Wildman–Crippen MR) is 111 cm³/mol. The SMILES string of the molecule is C#CCN1CCC(C(=O)N2CCCC(CNC(=O)Nc3cccc(F)c3)C2)CC1. The molecule has 2 heterocycles. The normalized spacial score (nSPS) is 20.7. The Balaban J connectivity index is 1.42. The van der Waals surface area contributed by atoms with Crippen LogP contribution in [0.25, 0.3) is 0 Å². The van der Waals surface area contributed by atoms with Crippen molar-refractivity contribution in [3.8, 4) is 12.3 Å². The predicted octanol–water partition coefficient (Wildman–Crippen LogP) is 2.53. The lowest BCUT2D eigenvalue weighted by molar-refractivity contribution is -0.138. The van der Waals surface area contributed by atoms with Gasteiger partial charge in [0, 0.05) is 31.2 Å². The van der Waals surface area contributed by atoms with Crippen LogP contribution in [0.3, 0.4) is 0 Å². The second-order valence-corrected chi connectivity index (χ2v) is 7.89. The van der Waals surface area contributed by atoms with Crippen LogP contribution in [0.4, 0.5) is 14.9 Å². The Hall–Kier alpha value is -2.59. The Morgan fingerprint density at radius 3 is 2.72 bits per heavy atom. The maximum Gasteiger partial charge on any atom is 0.319 e. The van der Waals surface area contributed by atoms with E-state index in [1.165, 1.54) is 12.1 Å². The van der Waals surface area contributed by atoms with Crippen LogP contribution in [-0.2, 0) is 4.79 Å². The number of carbonyl (C=O) groups is 2. The minimum absolute atomic E-state index is 0.0759. The van der Waals surface area contributed by atoms with Crippen LogP contribution in [0.1, 0.15) is 25.7 Å². The van der Waals surface area contributed by atoms with E-state index in [9.17, 15) is 14.0 Å². The minimum Gasteiger partial charge on any atom is -0.342 e. The Kier molecular flexibility index (Phi) is 7.48. The highest BCUT2D eigenvalue weighted by molar-refractivity contribution is 5.89. The van der Waals surface area contributed by atoms with E-state index >= 15 is 0 Å². The molecule has 2 aliphatic heterocycles. The molecule has 0 aliphatic carbocycles. The van der Waals surface area contributed by atoms with E-state index in [0.29, 0.717) is 25.3 Å². The summed E-state index contributed by atoms with van der Waals surface area (Å²) in [5.74, 6) is 2.81. The summed E-state index contributed by atoms with van der Waals surface area (Å²) in [6, 6.07) is 5.43. The standard InChI is InChI=1S/C22H29FN4O2/c1-2-10-26-12-8-18(9-13-26)21(28)27-11-4-5-17(16-27)15-24-22(29)25-20-7-3-6-19(23)14-20/h1,3,6-7,14,17-18H,4-5,8-13,15-16H2,(H2,24,25,29). The molecule has 2 aliphatic rings. The number of piperidine rings is 2. The smallest absolute Gasteiger partial charge is 0.319 e. The number of hydrogen-bond donors (Lipinski definition) is 2. The van der Waals surface area contributed by atoms with Crippen LogP contribution in [0.2, 0.25) is 0 Å². The van der Waals surface area contributed by atoms with Gasteiger partial charge in [-0.3, -0.25) is 9.69 Å². The molecule has 6 nitrogen and oxygen atoms in total. The number of carbonyl (C=O) groups excluding carboxylic acids is 2. The molecule has 0 saturated carbocycles. The number of hydrogen-bond acceptors (Lipinski definition) is 3. The summed E-state index contributed by atoms with van der Waals surface area (Å²) in [5.41, 5.74) is 0.416. The first-order valence-electron chi connectivity index (χ1n) is 10.3. The third-order valence-corrected chi connectivity index (χ3v) is 5.72. The zero-order valence-electron chi connectivity index (χ0n) is 16.7. The van der Waals surface area contributed by atoms with E-state index in [0.717, 1.165) is 45.3 Å². The zero-order chi connectivity index (χ0) is 20.6. The summed E-state index contributed by atoms with van der Waals surface area (Å²) >= 11 is 0. The van der Waals surface area contributed by atoms with Gasteiger partial charge in [0.2, 0.25) is 5.91 Å². The second-order valence-electron chi connectivity index (χ2n) is 7.89. The molecule has 29 heavy (non-hydrogen) atoms. The van der Waals surface area contributed by atoms with Gasteiger partial charge < -0.3 is 15.5 Å². The number of rotatable bonds is 5. The summed E-state index contributed by atoms with van der Waals surface area (Å²) in [6.45, 7) is 4.35. The van der Waals surface area contributed by atoms with Gasteiger partial charge in [0.1, 0.15) is 5.82 Å². The number of nitrogens with zero attached hydrogens (tertiary/aromatic N) is 2. The van der Waals surface area contributed by atoms with Crippen molar-refractivity contribution in [1.82, 2.24) is 15.1 Å². The van der Waals surface area contributed by atoms with Gasteiger partial charge in [0.25, 0.3) is 0 Å². The van der Waals surface area contributed by atoms with Crippen molar-refractivity contribution >= 4 is 17.6 Å². The van der Waals surface area contributed by atoms with Gasteiger partial charge in [0.15, 0.2) is 0 Å². The van der Waals surface area contributed by atoms with Crippen LogP contribution in [-0.4, -0.2) is 61.0 Å². The fourth-order valence-electron chi connectivity index (χ4n) is 4.14. The first-order chi connectivity index (χ1) is 14.0. The van der Waals surface area contributed by atoms with Gasteiger partial charge in [-0.15, -0.1) is 6.42 Å². The highest BCUT2D eigenvalue weighted by Crippen LogP contribution is 2.23. The number of urea groups is 1. The summed E-state index contributed by atoms with van der Waals surface area (Å²) in [4.78, 5) is 29.1. The van der Waals surface area contributed by atoms with Crippen molar-refractivity contribution in [3.63, 3.8) is 0 Å². The maximum absolute atomic E-state index is 13.2. The van der Waals surface area contributed by atoms with E-state index in [2.05, 4.69) is 21.5 Å². The quantitative estimate of drug-likeness (QED) is 0.747. The number of terminal acetylenes is 1. The van der Waals surface area contributed by atoms with Crippen molar-refractivity contribution in [3.05, 3.63) is 30.1 Å². The Bertz CT molecular complexity index is 755. The van der Waals surface area contributed by atoms with Gasteiger partial charge in [-0.25, -0.2) is 9.18 Å². The van der Waals surface area contributed by atoms with E-state index in [1.807, 2.05) is 4.90 Å². The molecule has 0 spiro atoms. The number of nitrogens with one attached hydrogen (secondary N) is 2. The first-order valence-corrected chi connectivity index (χ1v) is 10.3. The van der Waals surface area contributed by atoms with Crippen LogP contribution in [0, 0.1) is 30.0 Å². The molecule has 2 saturated heterocycles. The highest BCUT2D eigenvalue weighted by atomic mass is 19.1. The Labute approximate surface area is 171 Å². The lowest BCUT2D eigenvalue weighted by Crippen LogP contribution is -2.48. The molecule has 1 aromatic carbocycles. The fraction of sp³-hybridized carbons (Fsp3) is 0.545. The summed E-state index contributed by atoms with van der Waals surface area (Å²) in [6.07, 6.45) is 9.00. The number of benzene rings is 1. The van der Waals surface area contributed by atoms with E-state index in [1.54, 1.807) is 12.1 Å². The van der Waals surface area contributed by atoms with Crippen molar-refractivity contribution in [2.75, 3.05) is 44.6 Å².